The molecule has 14 heavy (non-hydrogen) atoms. The lowest BCUT2D eigenvalue weighted by molar-refractivity contribution is -0.145. The van der Waals surface area contributed by atoms with Gasteiger partial charge in [0.2, 0.25) is 0 Å². The molecule has 0 aromatic heterocycles. The van der Waals surface area contributed by atoms with Gasteiger partial charge in [-0.25, -0.2) is 0 Å². The summed E-state index contributed by atoms with van der Waals surface area (Å²) in [4.78, 5) is 11.3. The number of methoxy groups -OCH3 is 1. The maximum atomic E-state index is 11.3. The van der Waals surface area contributed by atoms with Gasteiger partial charge >= 0.3 is 5.97 Å². The van der Waals surface area contributed by atoms with Gasteiger partial charge in [-0.1, -0.05) is 26.0 Å². The summed E-state index contributed by atoms with van der Waals surface area (Å²) in [6, 6.07) is 0. The van der Waals surface area contributed by atoms with Gasteiger partial charge in [0.1, 0.15) is 0 Å². The summed E-state index contributed by atoms with van der Waals surface area (Å²) in [5.41, 5.74) is 1.29. The van der Waals surface area contributed by atoms with Crippen LogP contribution in [-0.2, 0) is 9.53 Å². The average Bonchev–Trinajstić information content (AvgIpc) is 2.64. The molecule has 2 atom stereocenters. The van der Waals surface area contributed by atoms with E-state index in [2.05, 4.69) is 20.4 Å². The molecule has 1 fully saturated rings. The Balaban J connectivity index is 2.49. The van der Waals surface area contributed by atoms with Crippen LogP contribution in [0.1, 0.15) is 33.1 Å². The number of rotatable bonds is 3. The third kappa shape index (κ3) is 2.37. The predicted octanol–water partition coefficient (Wildman–Crippen LogP) is 2.79. The van der Waals surface area contributed by atoms with Crippen molar-refractivity contribution in [3.63, 3.8) is 0 Å². The van der Waals surface area contributed by atoms with Gasteiger partial charge in [-0.2, -0.15) is 0 Å². The lowest BCUT2D eigenvalue weighted by Crippen LogP contribution is -2.13. The molecule has 2 nitrogen and oxygen atoms in total. The number of carbonyl (C=O) groups is 1. The van der Waals surface area contributed by atoms with E-state index in [4.69, 9.17) is 4.74 Å². The van der Waals surface area contributed by atoms with Crippen LogP contribution in [0.25, 0.3) is 0 Å². The van der Waals surface area contributed by atoms with Crippen molar-refractivity contribution in [2.24, 2.45) is 17.8 Å². The zero-order chi connectivity index (χ0) is 10.7. The van der Waals surface area contributed by atoms with Crippen LogP contribution in [0.2, 0.25) is 0 Å². The van der Waals surface area contributed by atoms with Crippen LogP contribution in [0.4, 0.5) is 0 Å². The second-order valence-electron chi connectivity index (χ2n) is 4.46. The molecule has 1 aliphatic rings. The molecule has 2 heteroatoms. The van der Waals surface area contributed by atoms with E-state index in [0.717, 1.165) is 19.3 Å². The second-order valence-corrected chi connectivity index (χ2v) is 4.46. The monoisotopic (exact) mass is 196 g/mol. The van der Waals surface area contributed by atoms with Crippen LogP contribution in [0.15, 0.2) is 12.2 Å². The average molecular weight is 196 g/mol. The van der Waals surface area contributed by atoms with Gasteiger partial charge in [0.25, 0.3) is 0 Å². The summed E-state index contributed by atoms with van der Waals surface area (Å²) >= 11 is 0. The van der Waals surface area contributed by atoms with Crippen LogP contribution < -0.4 is 0 Å². The Morgan fingerprint density at radius 2 is 1.93 bits per heavy atom. The number of esters is 1. The van der Waals surface area contributed by atoms with Crippen molar-refractivity contribution >= 4 is 5.97 Å². The van der Waals surface area contributed by atoms with Crippen LogP contribution in [0, 0.1) is 17.8 Å². The van der Waals surface area contributed by atoms with Gasteiger partial charge in [0.15, 0.2) is 0 Å². The lowest BCUT2D eigenvalue weighted by atomic mass is 9.89. The summed E-state index contributed by atoms with van der Waals surface area (Å²) in [7, 11) is 1.47. The molecule has 0 heterocycles. The molecule has 0 aliphatic heterocycles. The summed E-state index contributed by atoms with van der Waals surface area (Å²) in [6.07, 6.45) is 2.99. The molecule has 0 radical (unpaired) electrons. The molecule has 2 unspecified atom stereocenters. The molecule has 0 saturated heterocycles. The van der Waals surface area contributed by atoms with Crippen molar-refractivity contribution in [1.29, 1.82) is 0 Å². The first-order valence-electron chi connectivity index (χ1n) is 5.32. The van der Waals surface area contributed by atoms with E-state index in [1.54, 1.807) is 0 Å². The predicted molar refractivity (Wildman–Crippen MR) is 56.8 cm³/mol. The van der Waals surface area contributed by atoms with Gasteiger partial charge in [-0.3, -0.25) is 4.79 Å². The molecule has 0 aromatic carbocycles. The van der Waals surface area contributed by atoms with E-state index >= 15 is 0 Å². The third-order valence-electron chi connectivity index (χ3n) is 3.23. The first-order valence-corrected chi connectivity index (χ1v) is 5.32. The first kappa shape index (κ1) is 11.3. The van der Waals surface area contributed by atoms with Crippen molar-refractivity contribution in [3.05, 3.63) is 12.2 Å². The van der Waals surface area contributed by atoms with Crippen LogP contribution in [0.3, 0.4) is 0 Å². The summed E-state index contributed by atoms with van der Waals surface area (Å²) in [6.45, 7) is 8.42. The van der Waals surface area contributed by atoms with Crippen LogP contribution in [0.5, 0.6) is 0 Å². The molecule has 0 bridgehead atoms. The maximum absolute atomic E-state index is 11.3. The molecular weight excluding hydrogens is 176 g/mol. The smallest absolute Gasteiger partial charge is 0.308 e. The lowest BCUT2D eigenvalue weighted by Gasteiger charge is -2.16. The highest BCUT2D eigenvalue weighted by molar-refractivity contribution is 5.72. The molecule has 1 saturated carbocycles. The van der Waals surface area contributed by atoms with Crippen molar-refractivity contribution in [1.82, 2.24) is 0 Å². The summed E-state index contributed by atoms with van der Waals surface area (Å²) < 4.78 is 4.75. The number of ether oxygens (including phenoxy) is 1. The fourth-order valence-corrected chi connectivity index (χ4v) is 2.17. The van der Waals surface area contributed by atoms with E-state index in [1.807, 2.05) is 0 Å². The van der Waals surface area contributed by atoms with Crippen molar-refractivity contribution in [3.8, 4) is 0 Å². The normalized spacial score (nSPS) is 26.6. The van der Waals surface area contributed by atoms with Crippen molar-refractivity contribution < 1.29 is 9.53 Å². The molecule has 1 aliphatic carbocycles. The van der Waals surface area contributed by atoms with E-state index in [9.17, 15) is 4.79 Å². The topological polar surface area (TPSA) is 26.3 Å². The van der Waals surface area contributed by atoms with E-state index in [-0.39, 0.29) is 11.9 Å². The molecule has 0 N–H and O–H groups in total. The Bertz CT molecular complexity index is 230. The van der Waals surface area contributed by atoms with Gasteiger partial charge in [-0.05, 0) is 31.1 Å². The quantitative estimate of drug-likeness (QED) is 0.512. The van der Waals surface area contributed by atoms with Gasteiger partial charge in [-0.15, -0.1) is 0 Å². The second kappa shape index (κ2) is 4.63. The molecule has 80 valence electrons. The number of hydrogen-bond donors (Lipinski definition) is 0. The largest absolute Gasteiger partial charge is 0.469 e. The van der Waals surface area contributed by atoms with E-state index in [0.29, 0.717) is 11.8 Å². The summed E-state index contributed by atoms with van der Waals surface area (Å²) in [5, 5.41) is 0. The summed E-state index contributed by atoms with van der Waals surface area (Å²) in [5.74, 6) is 1.11. The maximum Gasteiger partial charge on any atom is 0.308 e. The van der Waals surface area contributed by atoms with Crippen LogP contribution >= 0.6 is 0 Å². The Hall–Kier alpha value is -0.790. The highest BCUT2D eigenvalue weighted by atomic mass is 16.5. The third-order valence-corrected chi connectivity index (χ3v) is 3.23. The molecular formula is C12H20O2. The standard InChI is InChI=1S/C12H20O2/c1-8(2)9(3)10-5-6-11(7-10)12(13)14-4/h8,10-11H,3,5-7H2,1-2,4H3. The molecule has 0 aromatic rings. The SMILES string of the molecule is C=C(C(C)C)C1CCC(C(=O)OC)C1. The van der Waals surface area contributed by atoms with Crippen molar-refractivity contribution in [2.75, 3.05) is 7.11 Å². The minimum Gasteiger partial charge on any atom is -0.469 e. The highest BCUT2D eigenvalue weighted by Crippen LogP contribution is 2.37. The molecule has 0 spiro atoms. The zero-order valence-corrected chi connectivity index (χ0v) is 9.38. The van der Waals surface area contributed by atoms with Crippen molar-refractivity contribution in [2.45, 2.75) is 33.1 Å². The zero-order valence-electron chi connectivity index (χ0n) is 9.38. The molecule has 1 rings (SSSR count). The van der Waals surface area contributed by atoms with Gasteiger partial charge in [0, 0.05) is 0 Å². The van der Waals surface area contributed by atoms with Gasteiger partial charge < -0.3 is 4.74 Å². The number of allylic oxidation sites excluding steroid dienone is 1. The number of hydrogen-bond acceptors (Lipinski definition) is 2. The minimum atomic E-state index is -0.0518. The Morgan fingerprint density at radius 1 is 1.36 bits per heavy atom. The van der Waals surface area contributed by atoms with E-state index < -0.39 is 0 Å². The minimum absolute atomic E-state index is 0.0518. The fourth-order valence-electron chi connectivity index (χ4n) is 2.17. The first-order chi connectivity index (χ1) is 6.56. The fraction of sp³-hybridized carbons (Fsp3) is 0.750. The van der Waals surface area contributed by atoms with Gasteiger partial charge in [0.05, 0.1) is 13.0 Å². The molecule has 0 amide bonds. The van der Waals surface area contributed by atoms with E-state index in [1.165, 1.54) is 12.7 Å². The Kier molecular flexibility index (Phi) is 3.73. The Labute approximate surface area is 86.3 Å². The Morgan fingerprint density at radius 3 is 2.43 bits per heavy atom. The highest BCUT2D eigenvalue weighted by Gasteiger charge is 2.32. The number of carbonyl (C=O) groups excluding carboxylic acids is 1. The van der Waals surface area contributed by atoms with Crippen LogP contribution in [-0.4, -0.2) is 13.1 Å².